The quantitative estimate of drug-likeness (QED) is 0.420. The van der Waals surface area contributed by atoms with Crippen LogP contribution in [0.15, 0.2) is 88.4 Å². The van der Waals surface area contributed by atoms with E-state index in [0.29, 0.717) is 10.9 Å². The van der Waals surface area contributed by atoms with Gasteiger partial charge in [-0.2, -0.15) is 0 Å². The molecule has 0 aliphatic heterocycles. The van der Waals surface area contributed by atoms with Crippen LogP contribution >= 0.6 is 15.9 Å². The highest BCUT2D eigenvalue weighted by Gasteiger charge is 2.19. The van der Waals surface area contributed by atoms with Gasteiger partial charge in [0.15, 0.2) is 0 Å². The number of nitrogens with zero attached hydrogens (tertiary/aromatic N) is 2. The van der Waals surface area contributed by atoms with Gasteiger partial charge in [-0.3, -0.25) is 9.36 Å². The van der Waals surface area contributed by atoms with Crippen LogP contribution in [-0.4, -0.2) is 27.4 Å². The maximum absolute atomic E-state index is 12.8. The molecule has 3 aromatic carbocycles. The number of hydrogen-bond acceptors (Lipinski definition) is 4. The fraction of sp³-hybridized carbons (Fsp3) is 0.200. The standard InChI is InChI=1S/C25H23BrN2O3/c1-17-7-5-6-10-21(17)24(18-8-3-2-4-9-18)31-15-20(29)14-28-16-27-23-12-11-19(26)13-22(23)25(28)30/h2-13,16,20,24,29H,14-15H2,1H3/t20-,24-/m1/s1. The molecule has 0 spiro atoms. The van der Waals surface area contributed by atoms with Crippen molar-refractivity contribution in [3.8, 4) is 0 Å². The SMILES string of the molecule is Cc1ccccc1[C@H](OC[C@H](O)Cn1cnc2ccc(Br)cc2c1=O)c1ccccc1. The largest absolute Gasteiger partial charge is 0.389 e. The van der Waals surface area contributed by atoms with Crippen LogP contribution in [-0.2, 0) is 11.3 Å². The maximum Gasteiger partial charge on any atom is 0.261 e. The van der Waals surface area contributed by atoms with Gasteiger partial charge in [-0.05, 0) is 41.8 Å². The predicted octanol–water partition coefficient (Wildman–Crippen LogP) is 4.63. The first-order valence-electron chi connectivity index (χ1n) is 10.1. The number of fused-ring (bicyclic) bond motifs is 1. The smallest absolute Gasteiger partial charge is 0.261 e. The van der Waals surface area contributed by atoms with E-state index < -0.39 is 6.10 Å². The molecule has 4 rings (SSSR count). The van der Waals surface area contributed by atoms with E-state index >= 15 is 0 Å². The van der Waals surface area contributed by atoms with Gasteiger partial charge in [0.1, 0.15) is 6.10 Å². The first-order valence-corrected chi connectivity index (χ1v) is 10.9. The second-order valence-corrected chi connectivity index (χ2v) is 8.41. The minimum atomic E-state index is -0.862. The van der Waals surface area contributed by atoms with Crippen LogP contribution in [0.5, 0.6) is 0 Å². The summed E-state index contributed by atoms with van der Waals surface area (Å²) < 4.78 is 8.42. The van der Waals surface area contributed by atoms with Crippen molar-refractivity contribution in [2.75, 3.05) is 6.61 Å². The van der Waals surface area contributed by atoms with E-state index in [1.54, 1.807) is 12.1 Å². The normalized spacial score (nSPS) is 13.3. The monoisotopic (exact) mass is 478 g/mol. The van der Waals surface area contributed by atoms with Gasteiger partial charge in [0, 0.05) is 4.47 Å². The number of benzene rings is 3. The molecule has 1 heterocycles. The van der Waals surface area contributed by atoms with Crippen LogP contribution in [0.4, 0.5) is 0 Å². The van der Waals surface area contributed by atoms with E-state index in [4.69, 9.17) is 4.74 Å². The molecule has 6 heteroatoms. The lowest BCUT2D eigenvalue weighted by Gasteiger charge is -2.23. The molecule has 2 atom stereocenters. The molecule has 0 unspecified atom stereocenters. The van der Waals surface area contributed by atoms with Crippen molar-refractivity contribution in [2.45, 2.75) is 25.7 Å². The molecule has 0 saturated carbocycles. The fourth-order valence-electron chi connectivity index (χ4n) is 3.62. The zero-order chi connectivity index (χ0) is 21.8. The molecule has 1 N–H and O–H groups in total. The Kier molecular flexibility index (Phi) is 6.61. The molecule has 0 aliphatic carbocycles. The molecule has 1 aromatic heterocycles. The van der Waals surface area contributed by atoms with Gasteiger partial charge in [-0.1, -0.05) is 70.5 Å². The van der Waals surface area contributed by atoms with E-state index in [0.717, 1.165) is 21.2 Å². The van der Waals surface area contributed by atoms with Crippen molar-refractivity contribution in [2.24, 2.45) is 0 Å². The molecule has 0 fully saturated rings. The number of aliphatic hydroxyl groups is 1. The summed E-state index contributed by atoms with van der Waals surface area (Å²) in [7, 11) is 0. The first kappa shape index (κ1) is 21.4. The number of ether oxygens (including phenoxy) is 1. The van der Waals surface area contributed by atoms with Gasteiger partial charge >= 0.3 is 0 Å². The average Bonchev–Trinajstić information content (AvgIpc) is 2.78. The highest BCUT2D eigenvalue weighted by Crippen LogP contribution is 2.28. The molecule has 4 aromatic rings. The third-order valence-corrected chi connectivity index (χ3v) is 5.72. The lowest BCUT2D eigenvalue weighted by atomic mass is 9.97. The predicted molar refractivity (Wildman–Crippen MR) is 125 cm³/mol. The van der Waals surface area contributed by atoms with Crippen LogP contribution in [0.25, 0.3) is 10.9 Å². The number of hydrogen-bond donors (Lipinski definition) is 1. The maximum atomic E-state index is 12.8. The topological polar surface area (TPSA) is 64.3 Å². The molecule has 0 aliphatic rings. The summed E-state index contributed by atoms with van der Waals surface area (Å²) in [6.45, 7) is 2.23. The molecular weight excluding hydrogens is 456 g/mol. The Morgan fingerprint density at radius 1 is 1.06 bits per heavy atom. The van der Waals surface area contributed by atoms with Crippen LogP contribution in [0.1, 0.15) is 22.8 Å². The highest BCUT2D eigenvalue weighted by molar-refractivity contribution is 9.10. The van der Waals surface area contributed by atoms with Crippen molar-refractivity contribution < 1.29 is 9.84 Å². The van der Waals surface area contributed by atoms with E-state index in [9.17, 15) is 9.90 Å². The molecule has 5 nitrogen and oxygen atoms in total. The number of halogens is 1. The molecule has 31 heavy (non-hydrogen) atoms. The summed E-state index contributed by atoms with van der Waals surface area (Å²) >= 11 is 3.39. The van der Waals surface area contributed by atoms with Gasteiger partial charge in [0.25, 0.3) is 5.56 Å². The van der Waals surface area contributed by atoms with E-state index in [-0.39, 0.29) is 24.8 Å². The summed E-state index contributed by atoms with van der Waals surface area (Å²) in [4.78, 5) is 17.1. The Morgan fingerprint density at radius 3 is 2.58 bits per heavy atom. The Morgan fingerprint density at radius 2 is 1.81 bits per heavy atom. The Labute approximate surface area is 189 Å². The first-order chi connectivity index (χ1) is 15.0. The van der Waals surface area contributed by atoms with Gasteiger partial charge in [0.2, 0.25) is 0 Å². The fourth-order valence-corrected chi connectivity index (χ4v) is 3.98. The number of rotatable bonds is 7. The lowest BCUT2D eigenvalue weighted by Crippen LogP contribution is -2.30. The Hall–Kier alpha value is -2.80. The summed E-state index contributed by atoms with van der Waals surface area (Å²) in [5.74, 6) is 0. The molecule has 0 amide bonds. The summed E-state index contributed by atoms with van der Waals surface area (Å²) in [6, 6.07) is 23.4. The summed E-state index contributed by atoms with van der Waals surface area (Å²) in [5, 5.41) is 11.2. The van der Waals surface area contributed by atoms with Crippen LogP contribution < -0.4 is 5.56 Å². The van der Waals surface area contributed by atoms with Crippen LogP contribution in [0.3, 0.4) is 0 Å². The van der Waals surface area contributed by atoms with Gasteiger partial charge in [-0.25, -0.2) is 4.98 Å². The molecular formula is C25H23BrN2O3. The summed E-state index contributed by atoms with van der Waals surface area (Å²) in [5.41, 5.74) is 3.61. The minimum absolute atomic E-state index is 0.0802. The van der Waals surface area contributed by atoms with E-state index in [1.807, 2.05) is 67.6 Å². The van der Waals surface area contributed by atoms with Gasteiger partial charge < -0.3 is 9.84 Å². The number of aromatic nitrogens is 2. The number of aliphatic hydroxyl groups excluding tert-OH is 1. The molecule has 158 valence electrons. The van der Waals surface area contributed by atoms with Gasteiger partial charge in [-0.15, -0.1) is 0 Å². The molecule has 0 saturated heterocycles. The van der Waals surface area contributed by atoms with E-state index in [2.05, 4.69) is 20.9 Å². The zero-order valence-corrected chi connectivity index (χ0v) is 18.7. The van der Waals surface area contributed by atoms with E-state index in [1.165, 1.54) is 10.9 Å². The zero-order valence-electron chi connectivity index (χ0n) is 17.1. The van der Waals surface area contributed by atoms with Crippen molar-refractivity contribution in [1.29, 1.82) is 0 Å². The average molecular weight is 479 g/mol. The van der Waals surface area contributed by atoms with Crippen molar-refractivity contribution in [3.63, 3.8) is 0 Å². The third-order valence-electron chi connectivity index (χ3n) is 5.22. The minimum Gasteiger partial charge on any atom is -0.389 e. The van der Waals surface area contributed by atoms with Crippen LogP contribution in [0, 0.1) is 6.92 Å². The van der Waals surface area contributed by atoms with Crippen LogP contribution in [0.2, 0.25) is 0 Å². The second-order valence-electron chi connectivity index (χ2n) is 7.50. The highest BCUT2D eigenvalue weighted by atomic mass is 79.9. The lowest BCUT2D eigenvalue weighted by molar-refractivity contribution is -0.00119. The Balaban J connectivity index is 1.53. The van der Waals surface area contributed by atoms with Crippen molar-refractivity contribution >= 4 is 26.8 Å². The molecule has 0 radical (unpaired) electrons. The third kappa shape index (κ3) is 4.93. The van der Waals surface area contributed by atoms with Gasteiger partial charge in [0.05, 0.1) is 36.5 Å². The van der Waals surface area contributed by atoms with Crippen molar-refractivity contribution in [3.05, 3.63) is 111 Å². The van der Waals surface area contributed by atoms with Crippen molar-refractivity contribution in [1.82, 2.24) is 9.55 Å². The second kappa shape index (κ2) is 9.56. The Bertz CT molecular complexity index is 1240. The summed E-state index contributed by atoms with van der Waals surface area (Å²) in [6.07, 6.45) is 0.302. The molecule has 0 bridgehead atoms. The number of aryl methyl sites for hydroxylation is 1.